The molecule has 2 saturated carbocycles. The summed E-state index contributed by atoms with van der Waals surface area (Å²) >= 11 is 0. The van der Waals surface area contributed by atoms with Crippen molar-refractivity contribution in [1.82, 2.24) is 0 Å². The number of unbranched alkanes of at least 4 members (excludes halogenated alkanes) is 2. The van der Waals surface area contributed by atoms with Crippen LogP contribution in [0.15, 0.2) is 12.1 Å². The van der Waals surface area contributed by atoms with Gasteiger partial charge in [0, 0.05) is 0 Å². The predicted octanol–water partition coefficient (Wildman–Crippen LogP) is 8.49. The maximum absolute atomic E-state index is 14.7. The third kappa shape index (κ3) is 6.44. The van der Waals surface area contributed by atoms with Crippen LogP contribution in [0.5, 0.6) is 5.75 Å². The standard InChI is InChI=1S/C27H42F2O/c1-4-5-6-7-20(3)30-25-17-16-24(26(28)27(25)29)18-21-10-14-23(15-11-21)22-12-8-19(2)9-13-22/h16-17,19-23H,4-15,18H2,1-3H3. The van der Waals surface area contributed by atoms with E-state index in [4.69, 9.17) is 4.74 Å². The van der Waals surface area contributed by atoms with Crippen molar-refractivity contribution in [3.8, 4) is 5.75 Å². The van der Waals surface area contributed by atoms with E-state index in [0.717, 1.165) is 56.3 Å². The molecule has 0 aromatic heterocycles. The van der Waals surface area contributed by atoms with E-state index in [9.17, 15) is 8.78 Å². The van der Waals surface area contributed by atoms with E-state index in [1.807, 2.05) is 6.92 Å². The molecule has 0 spiro atoms. The lowest BCUT2D eigenvalue weighted by atomic mass is 9.69. The predicted molar refractivity (Wildman–Crippen MR) is 121 cm³/mol. The monoisotopic (exact) mass is 420 g/mol. The molecule has 1 nitrogen and oxygen atoms in total. The number of benzene rings is 1. The zero-order valence-corrected chi connectivity index (χ0v) is 19.4. The van der Waals surface area contributed by atoms with Gasteiger partial charge in [0.05, 0.1) is 6.10 Å². The highest BCUT2D eigenvalue weighted by molar-refractivity contribution is 5.31. The average Bonchev–Trinajstić information content (AvgIpc) is 2.75. The van der Waals surface area contributed by atoms with Crippen molar-refractivity contribution in [3.63, 3.8) is 0 Å². The molecular formula is C27H42F2O. The van der Waals surface area contributed by atoms with E-state index >= 15 is 0 Å². The van der Waals surface area contributed by atoms with Crippen molar-refractivity contribution in [2.24, 2.45) is 23.7 Å². The SMILES string of the molecule is CCCCCC(C)Oc1ccc(CC2CCC(C3CCC(C)CC3)CC2)c(F)c1F. The molecule has 170 valence electrons. The molecule has 0 saturated heterocycles. The molecule has 1 aromatic rings. The first-order chi connectivity index (χ1) is 14.5. The first-order valence-corrected chi connectivity index (χ1v) is 12.6. The summed E-state index contributed by atoms with van der Waals surface area (Å²) in [5, 5.41) is 0. The third-order valence-corrected chi connectivity index (χ3v) is 7.80. The van der Waals surface area contributed by atoms with Crippen molar-refractivity contribution in [2.45, 2.75) is 110 Å². The van der Waals surface area contributed by atoms with E-state index in [1.54, 1.807) is 12.1 Å². The molecular weight excluding hydrogens is 378 g/mol. The Morgan fingerprint density at radius 2 is 1.53 bits per heavy atom. The molecule has 3 heteroatoms. The lowest BCUT2D eigenvalue weighted by molar-refractivity contribution is 0.150. The highest BCUT2D eigenvalue weighted by atomic mass is 19.2. The minimum atomic E-state index is -0.806. The van der Waals surface area contributed by atoms with Crippen LogP contribution in [0.25, 0.3) is 0 Å². The van der Waals surface area contributed by atoms with Gasteiger partial charge in [-0.05, 0) is 100 Å². The molecule has 0 N–H and O–H groups in total. The Morgan fingerprint density at radius 1 is 0.900 bits per heavy atom. The Labute approximate surface area is 183 Å². The molecule has 3 rings (SSSR count). The maximum Gasteiger partial charge on any atom is 0.200 e. The van der Waals surface area contributed by atoms with Crippen LogP contribution in [0, 0.1) is 35.3 Å². The van der Waals surface area contributed by atoms with Crippen LogP contribution < -0.4 is 4.74 Å². The zero-order valence-electron chi connectivity index (χ0n) is 19.4. The van der Waals surface area contributed by atoms with Crippen LogP contribution >= 0.6 is 0 Å². The van der Waals surface area contributed by atoms with Gasteiger partial charge >= 0.3 is 0 Å². The van der Waals surface area contributed by atoms with Gasteiger partial charge in [-0.1, -0.05) is 45.6 Å². The summed E-state index contributed by atoms with van der Waals surface area (Å²) in [4.78, 5) is 0. The summed E-state index contributed by atoms with van der Waals surface area (Å²) in [6.07, 6.45) is 15.2. The van der Waals surface area contributed by atoms with Crippen molar-refractivity contribution < 1.29 is 13.5 Å². The fourth-order valence-electron chi connectivity index (χ4n) is 5.71. The van der Waals surface area contributed by atoms with E-state index in [2.05, 4.69) is 13.8 Å². The van der Waals surface area contributed by atoms with Crippen molar-refractivity contribution in [2.75, 3.05) is 0 Å². The van der Waals surface area contributed by atoms with Gasteiger partial charge in [0.25, 0.3) is 0 Å². The lowest BCUT2D eigenvalue weighted by Crippen LogP contribution is -2.26. The molecule has 2 aliphatic carbocycles. The summed E-state index contributed by atoms with van der Waals surface area (Å²) in [5.74, 6) is 1.72. The molecule has 1 unspecified atom stereocenters. The molecule has 30 heavy (non-hydrogen) atoms. The molecule has 0 aliphatic heterocycles. The summed E-state index contributed by atoms with van der Waals surface area (Å²) in [5.41, 5.74) is 0.522. The summed E-state index contributed by atoms with van der Waals surface area (Å²) in [6.45, 7) is 6.47. The first kappa shape index (κ1) is 23.5. The summed E-state index contributed by atoms with van der Waals surface area (Å²) < 4.78 is 35.0. The van der Waals surface area contributed by atoms with Crippen LogP contribution in [-0.2, 0) is 6.42 Å². The number of rotatable bonds is 9. The van der Waals surface area contributed by atoms with Crippen molar-refractivity contribution >= 4 is 0 Å². The van der Waals surface area contributed by atoms with E-state index in [0.29, 0.717) is 17.9 Å². The Bertz CT molecular complexity index is 643. The van der Waals surface area contributed by atoms with Crippen LogP contribution in [0.3, 0.4) is 0 Å². The molecule has 2 aliphatic rings. The average molecular weight is 421 g/mol. The van der Waals surface area contributed by atoms with Gasteiger partial charge in [-0.3, -0.25) is 0 Å². The van der Waals surface area contributed by atoms with E-state index in [-0.39, 0.29) is 11.9 Å². The van der Waals surface area contributed by atoms with Gasteiger partial charge < -0.3 is 4.74 Å². The number of ether oxygens (including phenoxy) is 1. The number of halogens is 2. The second kappa shape index (κ2) is 11.5. The fraction of sp³-hybridized carbons (Fsp3) is 0.778. The molecule has 0 heterocycles. The summed E-state index contributed by atoms with van der Waals surface area (Å²) in [7, 11) is 0. The minimum absolute atomic E-state index is 0.0653. The van der Waals surface area contributed by atoms with Gasteiger partial charge in [-0.15, -0.1) is 0 Å². The lowest BCUT2D eigenvalue weighted by Gasteiger charge is -2.37. The second-order valence-electron chi connectivity index (χ2n) is 10.3. The normalized spacial score (nSPS) is 28.3. The van der Waals surface area contributed by atoms with Crippen LogP contribution in [0.4, 0.5) is 8.78 Å². The Balaban J connectivity index is 1.49. The molecule has 1 atom stereocenters. The third-order valence-electron chi connectivity index (χ3n) is 7.80. The van der Waals surface area contributed by atoms with Gasteiger partial charge in [0.15, 0.2) is 11.6 Å². The first-order valence-electron chi connectivity index (χ1n) is 12.6. The van der Waals surface area contributed by atoms with Crippen molar-refractivity contribution in [3.05, 3.63) is 29.3 Å². The number of hydrogen-bond acceptors (Lipinski definition) is 1. The largest absolute Gasteiger partial charge is 0.488 e. The van der Waals surface area contributed by atoms with Crippen LogP contribution in [0.1, 0.15) is 103 Å². The Kier molecular flexibility index (Phi) is 9.01. The molecule has 0 bridgehead atoms. The Hall–Kier alpha value is -1.12. The molecule has 0 amide bonds. The maximum atomic E-state index is 14.7. The topological polar surface area (TPSA) is 9.23 Å². The van der Waals surface area contributed by atoms with Gasteiger partial charge in [-0.25, -0.2) is 4.39 Å². The summed E-state index contributed by atoms with van der Waals surface area (Å²) in [6, 6.07) is 3.39. The molecule has 1 aromatic carbocycles. The quantitative estimate of drug-likeness (QED) is 0.364. The molecule has 2 fully saturated rings. The fourth-order valence-corrected chi connectivity index (χ4v) is 5.71. The van der Waals surface area contributed by atoms with Gasteiger partial charge in [0.1, 0.15) is 0 Å². The Morgan fingerprint density at radius 3 is 2.17 bits per heavy atom. The molecule has 0 radical (unpaired) electrons. The van der Waals surface area contributed by atoms with Gasteiger partial charge in [-0.2, -0.15) is 4.39 Å². The van der Waals surface area contributed by atoms with E-state index in [1.165, 1.54) is 38.5 Å². The van der Waals surface area contributed by atoms with E-state index < -0.39 is 11.6 Å². The smallest absolute Gasteiger partial charge is 0.200 e. The highest BCUT2D eigenvalue weighted by Crippen LogP contribution is 2.42. The van der Waals surface area contributed by atoms with Crippen molar-refractivity contribution in [1.29, 1.82) is 0 Å². The van der Waals surface area contributed by atoms with Gasteiger partial charge in [0.2, 0.25) is 5.82 Å². The van der Waals surface area contributed by atoms with Crippen LogP contribution in [-0.4, -0.2) is 6.10 Å². The van der Waals surface area contributed by atoms with Crippen LogP contribution in [0.2, 0.25) is 0 Å². The number of hydrogen-bond donors (Lipinski definition) is 0. The zero-order chi connectivity index (χ0) is 21.5. The highest BCUT2D eigenvalue weighted by Gasteiger charge is 2.30. The minimum Gasteiger partial charge on any atom is -0.488 e. The second-order valence-corrected chi connectivity index (χ2v) is 10.3.